The zero-order chi connectivity index (χ0) is 14.6. The van der Waals surface area contributed by atoms with Gasteiger partial charge in [-0.1, -0.05) is 0 Å². The fourth-order valence-electron chi connectivity index (χ4n) is 5.22. The van der Waals surface area contributed by atoms with E-state index in [-0.39, 0.29) is 11.1 Å². The molecule has 1 aromatic heterocycles. The number of hydrogen-bond acceptors (Lipinski definition) is 4. The summed E-state index contributed by atoms with van der Waals surface area (Å²) in [6.45, 7) is 0. The number of nitrogens with zero attached hydrogens (tertiary/aromatic N) is 1. The van der Waals surface area contributed by atoms with Gasteiger partial charge in [0.2, 0.25) is 0 Å². The van der Waals surface area contributed by atoms with Crippen molar-refractivity contribution >= 4 is 17.5 Å². The number of anilines is 2. The molecule has 1 aromatic rings. The van der Waals surface area contributed by atoms with E-state index >= 15 is 0 Å². The van der Waals surface area contributed by atoms with Crippen LogP contribution in [0.5, 0.6) is 0 Å². The van der Waals surface area contributed by atoms with Crippen molar-refractivity contribution in [3.8, 4) is 0 Å². The highest BCUT2D eigenvalue weighted by molar-refractivity contribution is 5.89. The molecule has 0 atom stereocenters. The molecule has 4 saturated carbocycles. The van der Waals surface area contributed by atoms with Crippen LogP contribution in [0.25, 0.3) is 0 Å². The third kappa shape index (κ3) is 2.15. The van der Waals surface area contributed by atoms with Gasteiger partial charge in [-0.15, -0.1) is 0 Å². The van der Waals surface area contributed by atoms with E-state index in [1.165, 1.54) is 50.8 Å². The molecule has 0 aromatic carbocycles. The Bertz CT molecular complexity index is 564. The minimum atomic E-state index is -0.990. The first-order chi connectivity index (χ1) is 10.0. The van der Waals surface area contributed by atoms with Crippen molar-refractivity contribution in [2.45, 2.75) is 44.1 Å². The summed E-state index contributed by atoms with van der Waals surface area (Å²) in [6.07, 6.45) is 9.19. The maximum Gasteiger partial charge on any atom is 0.337 e. The monoisotopic (exact) mass is 287 g/mol. The lowest BCUT2D eigenvalue weighted by Gasteiger charge is -2.57. The summed E-state index contributed by atoms with van der Waals surface area (Å²) < 4.78 is 0. The van der Waals surface area contributed by atoms with Crippen molar-refractivity contribution < 1.29 is 9.90 Å². The van der Waals surface area contributed by atoms with Crippen molar-refractivity contribution in [2.24, 2.45) is 17.8 Å². The Morgan fingerprint density at radius 2 is 1.81 bits per heavy atom. The highest BCUT2D eigenvalue weighted by atomic mass is 16.4. The molecule has 5 heteroatoms. The second kappa shape index (κ2) is 4.36. The summed E-state index contributed by atoms with van der Waals surface area (Å²) in [6, 6.07) is 1.50. The number of pyridine rings is 1. The van der Waals surface area contributed by atoms with Gasteiger partial charge in [0.15, 0.2) is 0 Å². The molecule has 0 aliphatic heterocycles. The Morgan fingerprint density at radius 3 is 2.29 bits per heavy atom. The molecular formula is C16H21N3O2. The average molecular weight is 287 g/mol. The van der Waals surface area contributed by atoms with Crippen LogP contribution in [0.2, 0.25) is 0 Å². The fourth-order valence-corrected chi connectivity index (χ4v) is 5.22. The topological polar surface area (TPSA) is 88.2 Å². The molecule has 4 bridgehead atoms. The fraction of sp³-hybridized carbons (Fsp3) is 0.625. The third-order valence-corrected chi connectivity index (χ3v) is 5.59. The summed E-state index contributed by atoms with van der Waals surface area (Å²) >= 11 is 0. The number of aromatic carboxylic acids is 1. The standard InChI is InChI=1S/C16H21N3O2/c17-13-4-12(15(20)21)8-18-14(13)19-16-5-9-1-10(6-16)3-11(2-9)7-16/h4,8-11H,1-3,5-7,17H2,(H,18,19)(H,20,21). The highest BCUT2D eigenvalue weighted by Crippen LogP contribution is 2.56. The second-order valence-electron chi connectivity index (χ2n) is 7.29. The van der Waals surface area contributed by atoms with Gasteiger partial charge in [-0.3, -0.25) is 0 Å². The lowest BCUT2D eigenvalue weighted by atomic mass is 9.53. The number of carbonyl (C=O) groups is 1. The van der Waals surface area contributed by atoms with Crippen LogP contribution >= 0.6 is 0 Å². The van der Waals surface area contributed by atoms with Crippen molar-refractivity contribution in [1.82, 2.24) is 4.98 Å². The largest absolute Gasteiger partial charge is 0.478 e. The van der Waals surface area contributed by atoms with Gasteiger partial charge in [0.05, 0.1) is 11.3 Å². The van der Waals surface area contributed by atoms with Crippen LogP contribution in [0.1, 0.15) is 48.9 Å². The Labute approximate surface area is 123 Å². The number of carboxylic acids is 1. The molecule has 0 saturated heterocycles. The van der Waals surface area contributed by atoms with Crippen LogP contribution in [0.15, 0.2) is 12.3 Å². The Hall–Kier alpha value is -1.78. The van der Waals surface area contributed by atoms with Crippen LogP contribution in [0, 0.1) is 17.8 Å². The number of rotatable bonds is 3. The van der Waals surface area contributed by atoms with Gasteiger partial charge in [-0.2, -0.15) is 0 Å². The molecule has 5 nitrogen and oxygen atoms in total. The summed E-state index contributed by atoms with van der Waals surface area (Å²) in [4.78, 5) is 15.2. The van der Waals surface area contributed by atoms with Gasteiger partial charge in [0.25, 0.3) is 0 Å². The molecule has 0 spiro atoms. The van der Waals surface area contributed by atoms with Gasteiger partial charge < -0.3 is 16.2 Å². The van der Waals surface area contributed by atoms with Gasteiger partial charge in [0, 0.05) is 11.7 Å². The van der Waals surface area contributed by atoms with E-state index in [0.29, 0.717) is 11.5 Å². The zero-order valence-corrected chi connectivity index (χ0v) is 12.0. The molecule has 4 aliphatic carbocycles. The lowest BCUT2D eigenvalue weighted by Crippen LogP contribution is -2.55. The third-order valence-electron chi connectivity index (χ3n) is 5.59. The summed E-state index contributed by atoms with van der Waals surface area (Å²) in [5, 5.41) is 12.6. The van der Waals surface area contributed by atoms with E-state index in [2.05, 4.69) is 10.3 Å². The number of nitrogens with one attached hydrogen (secondary N) is 1. The molecule has 0 unspecified atom stereocenters. The van der Waals surface area contributed by atoms with Gasteiger partial charge >= 0.3 is 5.97 Å². The number of hydrogen-bond donors (Lipinski definition) is 3. The molecule has 0 amide bonds. The van der Waals surface area contributed by atoms with Crippen LogP contribution < -0.4 is 11.1 Å². The normalized spacial score (nSPS) is 36.7. The van der Waals surface area contributed by atoms with Crippen LogP contribution in [0.3, 0.4) is 0 Å². The molecule has 5 rings (SSSR count). The summed E-state index contributed by atoms with van der Waals surface area (Å²) in [7, 11) is 0. The SMILES string of the molecule is Nc1cc(C(=O)O)cnc1NC12CC3CC(CC(C3)C1)C2. The molecular weight excluding hydrogens is 266 g/mol. The maximum absolute atomic E-state index is 11.0. The van der Waals surface area contributed by atoms with E-state index in [1.54, 1.807) is 0 Å². The number of nitrogens with two attached hydrogens (primary N) is 1. The Balaban J connectivity index is 1.60. The molecule has 4 N–H and O–H groups in total. The lowest BCUT2D eigenvalue weighted by molar-refractivity contribution is 0.0106. The van der Waals surface area contributed by atoms with Crippen molar-refractivity contribution in [3.63, 3.8) is 0 Å². The molecule has 112 valence electrons. The smallest absolute Gasteiger partial charge is 0.337 e. The minimum Gasteiger partial charge on any atom is -0.478 e. The van der Waals surface area contributed by atoms with E-state index in [0.717, 1.165) is 17.8 Å². The van der Waals surface area contributed by atoms with E-state index in [1.807, 2.05) is 0 Å². The van der Waals surface area contributed by atoms with E-state index in [9.17, 15) is 4.79 Å². The minimum absolute atomic E-state index is 0.139. The quantitative estimate of drug-likeness (QED) is 0.795. The number of nitrogen functional groups attached to an aromatic ring is 1. The van der Waals surface area contributed by atoms with Crippen LogP contribution in [-0.2, 0) is 0 Å². The Kier molecular flexibility index (Phi) is 2.68. The second-order valence-corrected chi connectivity index (χ2v) is 7.29. The number of aromatic nitrogens is 1. The van der Waals surface area contributed by atoms with Crippen molar-refractivity contribution in [1.29, 1.82) is 0 Å². The molecule has 1 heterocycles. The van der Waals surface area contributed by atoms with Gasteiger partial charge in [-0.25, -0.2) is 9.78 Å². The van der Waals surface area contributed by atoms with Gasteiger partial charge in [-0.05, 0) is 62.3 Å². The Morgan fingerprint density at radius 1 is 1.24 bits per heavy atom. The molecule has 4 fully saturated rings. The van der Waals surface area contributed by atoms with Crippen LogP contribution in [-0.4, -0.2) is 21.6 Å². The first-order valence-electron chi connectivity index (χ1n) is 7.80. The van der Waals surface area contributed by atoms with Gasteiger partial charge in [0.1, 0.15) is 5.82 Å². The number of carboxylic acid groups (broad SMARTS) is 1. The van der Waals surface area contributed by atoms with Crippen molar-refractivity contribution in [3.05, 3.63) is 17.8 Å². The molecule has 21 heavy (non-hydrogen) atoms. The zero-order valence-electron chi connectivity index (χ0n) is 12.0. The van der Waals surface area contributed by atoms with E-state index in [4.69, 9.17) is 10.8 Å². The average Bonchev–Trinajstić information content (AvgIpc) is 2.39. The predicted octanol–water partition coefficient (Wildman–Crippen LogP) is 2.74. The van der Waals surface area contributed by atoms with E-state index < -0.39 is 5.97 Å². The molecule has 4 aliphatic rings. The first kappa shape index (κ1) is 12.9. The molecule has 0 radical (unpaired) electrons. The first-order valence-corrected chi connectivity index (χ1v) is 7.80. The summed E-state index contributed by atoms with van der Waals surface area (Å²) in [5.74, 6) is 2.22. The summed E-state index contributed by atoms with van der Waals surface area (Å²) in [5.41, 5.74) is 6.72. The highest BCUT2D eigenvalue weighted by Gasteiger charge is 2.51. The maximum atomic E-state index is 11.0. The predicted molar refractivity (Wildman–Crippen MR) is 80.1 cm³/mol. The van der Waals surface area contributed by atoms with Crippen molar-refractivity contribution in [2.75, 3.05) is 11.1 Å². The van der Waals surface area contributed by atoms with Crippen LogP contribution in [0.4, 0.5) is 11.5 Å².